The number of piperidine rings is 1. The Labute approximate surface area is 153 Å². The van der Waals surface area contributed by atoms with E-state index in [1.807, 2.05) is 48.5 Å². The first-order chi connectivity index (χ1) is 12.7. The van der Waals surface area contributed by atoms with Gasteiger partial charge in [0.05, 0.1) is 0 Å². The van der Waals surface area contributed by atoms with E-state index in [0.29, 0.717) is 31.3 Å². The first kappa shape index (κ1) is 17.8. The fourth-order valence-electron chi connectivity index (χ4n) is 2.91. The molecule has 0 aliphatic carbocycles. The molecule has 1 heterocycles. The molecule has 2 N–H and O–H groups in total. The van der Waals surface area contributed by atoms with Gasteiger partial charge in [-0.15, -0.1) is 0 Å². The molecule has 0 saturated carbocycles. The van der Waals surface area contributed by atoms with Gasteiger partial charge in [-0.1, -0.05) is 36.4 Å². The fourth-order valence-corrected chi connectivity index (χ4v) is 2.91. The van der Waals surface area contributed by atoms with Crippen LogP contribution in [0.4, 0.5) is 15.3 Å². The van der Waals surface area contributed by atoms with Crippen molar-refractivity contribution in [3.63, 3.8) is 0 Å². The topological polar surface area (TPSA) is 70.7 Å². The third kappa shape index (κ3) is 5.24. The number of nitrogens with one attached hydrogen (secondary N) is 2. The van der Waals surface area contributed by atoms with Crippen LogP contribution in [0.15, 0.2) is 60.7 Å². The summed E-state index contributed by atoms with van der Waals surface area (Å²) in [5.74, 6) is 0.913. The maximum Gasteiger partial charge on any atom is 0.415 e. The van der Waals surface area contributed by atoms with Crippen molar-refractivity contribution in [2.24, 2.45) is 5.92 Å². The number of anilines is 1. The summed E-state index contributed by atoms with van der Waals surface area (Å²) >= 11 is 0. The molecule has 0 unspecified atom stereocenters. The molecule has 0 aromatic heterocycles. The lowest BCUT2D eigenvalue weighted by Gasteiger charge is -2.31. The van der Waals surface area contributed by atoms with Crippen LogP contribution < -0.4 is 15.4 Å². The number of hydrogen-bond acceptors (Lipinski definition) is 3. The minimum atomic E-state index is -0.315. The van der Waals surface area contributed by atoms with Crippen molar-refractivity contribution < 1.29 is 14.3 Å². The number of urea groups is 1. The number of rotatable bonds is 4. The lowest BCUT2D eigenvalue weighted by molar-refractivity contribution is 0.130. The van der Waals surface area contributed by atoms with Gasteiger partial charge in [0.25, 0.3) is 0 Å². The molecule has 1 saturated heterocycles. The van der Waals surface area contributed by atoms with Gasteiger partial charge < -0.3 is 20.3 Å². The third-order valence-electron chi connectivity index (χ3n) is 4.40. The lowest BCUT2D eigenvalue weighted by atomic mass is 9.97. The van der Waals surface area contributed by atoms with Gasteiger partial charge in [-0.2, -0.15) is 0 Å². The molecule has 3 amide bonds. The van der Waals surface area contributed by atoms with Crippen molar-refractivity contribution in [3.05, 3.63) is 60.7 Å². The average molecular weight is 353 g/mol. The van der Waals surface area contributed by atoms with Crippen molar-refractivity contribution in [2.75, 3.05) is 25.0 Å². The van der Waals surface area contributed by atoms with Gasteiger partial charge in [0, 0.05) is 25.3 Å². The Morgan fingerprint density at radius 3 is 2.23 bits per heavy atom. The maximum atomic E-state index is 12.2. The smallest absolute Gasteiger partial charge is 0.410 e. The number of ether oxygens (including phenoxy) is 1. The molecule has 0 bridgehead atoms. The molecule has 0 spiro atoms. The van der Waals surface area contributed by atoms with E-state index >= 15 is 0 Å². The zero-order chi connectivity index (χ0) is 18.2. The maximum absolute atomic E-state index is 12.2. The molecule has 26 heavy (non-hydrogen) atoms. The second-order valence-corrected chi connectivity index (χ2v) is 6.31. The highest BCUT2D eigenvalue weighted by Crippen LogP contribution is 2.18. The average Bonchev–Trinajstić information content (AvgIpc) is 2.68. The molecule has 0 radical (unpaired) electrons. The molecular formula is C20H23N3O3. The highest BCUT2D eigenvalue weighted by molar-refractivity contribution is 5.89. The minimum absolute atomic E-state index is 0.206. The van der Waals surface area contributed by atoms with Crippen LogP contribution in [0.25, 0.3) is 0 Å². The van der Waals surface area contributed by atoms with Gasteiger partial charge >= 0.3 is 12.1 Å². The summed E-state index contributed by atoms with van der Waals surface area (Å²) in [7, 11) is 0. The van der Waals surface area contributed by atoms with Gasteiger partial charge in [0.1, 0.15) is 5.75 Å². The van der Waals surface area contributed by atoms with Gasteiger partial charge in [0.2, 0.25) is 0 Å². The summed E-state index contributed by atoms with van der Waals surface area (Å²) in [4.78, 5) is 25.8. The predicted octanol–water partition coefficient (Wildman–Crippen LogP) is 3.72. The van der Waals surface area contributed by atoms with Crippen molar-refractivity contribution in [2.45, 2.75) is 12.8 Å². The molecule has 1 aliphatic heterocycles. The number of hydrogen-bond donors (Lipinski definition) is 2. The Bertz CT molecular complexity index is 714. The number of likely N-dealkylation sites (tertiary alicyclic amines) is 1. The molecule has 2 aromatic rings. The van der Waals surface area contributed by atoms with Crippen LogP contribution in [0, 0.1) is 5.92 Å². The van der Waals surface area contributed by atoms with Crippen LogP contribution in [-0.2, 0) is 0 Å². The van der Waals surface area contributed by atoms with E-state index in [0.717, 1.165) is 18.5 Å². The number of para-hydroxylation sites is 2. The highest BCUT2D eigenvalue weighted by Gasteiger charge is 2.24. The predicted molar refractivity (Wildman–Crippen MR) is 100 cm³/mol. The van der Waals surface area contributed by atoms with E-state index in [2.05, 4.69) is 10.6 Å². The number of benzene rings is 2. The minimum Gasteiger partial charge on any atom is -0.410 e. The van der Waals surface area contributed by atoms with E-state index in [9.17, 15) is 9.59 Å². The first-order valence-electron chi connectivity index (χ1n) is 8.82. The van der Waals surface area contributed by atoms with Gasteiger partial charge in [-0.05, 0) is 43.0 Å². The molecule has 1 fully saturated rings. The van der Waals surface area contributed by atoms with Crippen molar-refractivity contribution in [3.8, 4) is 5.75 Å². The Balaban J connectivity index is 1.37. The number of carbonyl (C=O) groups excluding carboxylic acids is 2. The summed E-state index contributed by atoms with van der Waals surface area (Å²) in [6, 6.07) is 18.2. The Kier molecular flexibility index (Phi) is 6.09. The molecule has 6 nitrogen and oxygen atoms in total. The zero-order valence-corrected chi connectivity index (χ0v) is 14.6. The highest BCUT2D eigenvalue weighted by atomic mass is 16.6. The van der Waals surface area contributed by atoms with Crippen LogP contribution in [0.3, 0.4) is 0 Å². The molecule has 136 valence electrons. The summed E-state index contributed by atoms with van der Waals surface area (Å²) < 4.78 is 5.36. The Morgan fingerprint density at radius 1 is 0.962 bits per heavy atom. The van der Waals surface area contributed by atoms with Crippen LogP contribution in [0.2, 0.25) is 0 Å². The zero-order valence-electron chi connectivity index (χ0n) is 14.6. The largest absolute Gasteiger partial charge is 0.415 e. The number of amides is 3. The molecule has 3 rings (SSSR count). The van der Waals surface area contributed by atoms with Gasteiger partial charge in [-0.25, -0.2) is 9.59 Å². The van der Waals surface area contributed by atoms with E-state index in [4.69, 9.17) is 4.74 Å². The van der Waals surface area contributed by atoms with E-state index in [1.165, 1.54) is 0 Å². The van der Waals surface area contributed by atoms with E-state index in [-0.39, 0.29) is 12.1 Å². The number of nitrogens with zero attached hydrogens (tertiary/aromatic N) is 1. The van der Waals surface area contributed by atoms with Crippen LogP contribution in [-0.4, -0.2) is 36.7 Å². The molecule has 0 atom stereocenters. The Morgan fingerprint density at radius 2 is 1.58 bits per heavy atom. The fraction of sp³-hybridized carbons (Fsp3) is 0.300. The standard InChI is InChI=1S/C20H23N3O3/c24-19(22-17-7-3-1-4-8-17)21-15-16-11-13-23(14-12-16)20(25)26-18-9-5-2-6-10-18/h1-10,16H,11-15H2,(H2,21,22,24). The van der Waals surface area contributed by atoms with Crippen LogP contribution in [0.5, 0.6) is 5.75 Å². The summed E-state index contributed by atoms with van der Waals surface area (Å²) in [6.45, 7) is 1.87. The second-order valence-electron chi connectivity index (χ2n) is 6.31. The van der Waals surface area contributed by atoms with Crippen molar-refractivity contribution in [1.82, 2.24) is 10.2 Å². The number of carbonyl (C=O) groups is 2. The molecule has 2 aromatic carbocycles. The normalized spacial score (nSPS) is 14.5. The first-order valence-corrected chi connectivity index (χ1v) is 8.82. The summed E-state index contributed by atoms with van der Waals surface area (Å²) in [5.41, 5.74) is 0.767. The van der Waals surface area contributed by atoms with E-state index in [1.54, 1.807) is 17.0 Å². The lowest BCUT2D eigenvalue weighted by Crippen LogP contribution is -2.43. The van der Waals surface area contributed by atoms with E-state index < -0.39 is 0 Å². The second kappa shape index (κ2) is 8.89. The summed E-state index contributed by atoms with van der Waals surface area (Å²) in [6.07, 6.45) is 1.37. The summed E-state index contributed by atoms with van der Waals surface area (Å²) in [5, 5.41) is 5.70. The van der Waals surface area contributed by atoms with Crippen LogP contribution >= 0.6 is 0 Å². The third-order valence-corrected chi connectivity index (χ3v) is 4.40. The molecule has 1 aliphatic rings. The van der Waals surface area contributed by atoms with Crippen LogP contribution in [0.1, 0.15) is 12.8 Å². The van der Waals surface area contributed by atoms with Crippen molar-refractivity contribution >= 4 is 17.8 Å². The van der Waals surface area contributed by atoms with Gasteiger partial charge in [0.15, 0.2) is 0 Å². The SMILES string of the molecule is O=C(NCC1CCN(C(=O)Oc2ccccc2)CC1)Nc1ccccc1. The quantitative estimate of drug-likeness (QED) is 0.880. The molecule has 6 heteroatoms. The monoisotopic (exact) mass is 353 g/mol. The van der Waals surface area contributed by atoms with Crippen molar-refractivity contribution in [1.29, 1.82) is 0 Å². The molecular weight excluding hydrogens is 330 g/mol. The van der Waals surface area contributed by atoms with Gasteiger partial charge in [-0.3, -0.25) is 0 Å². The Hall–Kier alpha value is -3.02.